The Morgan fingerprint density at radius 3 is 2.17 bits per heavy atom. The van der Waals surface area contributed by atoms with E-state index in [0.717, 1.165) is 25.0 Å². The first-order valence-corrected chi connectivity index (χ1v) is 8.62. The maximum Gasteiger partial charge on any atom is 0.343 e. The second-order valence-corrected chi connectivity index (χ2v) is 6.36. The van der Waals surface area contributed by atoms with Crippen LogP contribution in [0.15, 0.2) is 48.5 Å². The van der Waals surface area contributed by atoms with E-state index in [0.29, 0.717) is 23.8 Å². The first kappa shape index (κ1) is 18.1. The largest absolute Gasteiger partial charge is 0.494 e. The Morgan fingerprint density at radius 1 is 0.958 bits per heavy atom. The van der Waals surface area contributed by atoms with Crippen molar-refractivity contribution in [3.05, 3.63) is 59.7 Å². The molecular weight excluding hydrogens is 300 g/mol. The number of esters is 1. The Balaban J connectivity index is 1.91. The van der Waals surface area contributed by atoms with Crippen molar-refractivity contribution in [2.45, 2.75) is 40.0 Å². The normalized spacial score (nSPS) is 10.7. The van der Waals surface area contributed by atoms with Gasteiger partial charge >= 0.3 is 5.97 Å². The van der Waals surface area contributed by atoms with Crippen LogP contribution in [-0.2, 0) is 6.42 Å². The van der Waals surface area contributed by atoms with E-state index < -0.39 is 0 Å². The van der Waals surface area contributed by atoms with Gasteiger partial charge in [-0.2, -0.15) is 0 Å². The van der Waals surface area contributed by atoms with Crippen LogP contribution in [0.3, 0.4) is 0 Å². The summed E-state index contributed by atoms with van der Waals surface area (Å²) in [5.74, 6) is 1.57. The van der Waals surface area contributed by atoms with Gasteiger partial charge in [0.15, 0.2) is 0 Å². The molecule has 0 amide bonds. The number of carbonyl (C=O) groups is 1. The summed E-state index contributed by atoms with van der Waals surface area (Å²) in [6.45, 7) is 7.19. The Labute approximate surface area is 144 Å². The molecule has 0 N–H and O–H groups in total. The molecule has 2 aromatic carbocycles. The summed E-state index contributed by atoms with van der Waals surface area (Å²) in [6.07, 6.45) is 3.14. The van der Waals surface area contributed by atoms with Crippen molar-refractivity contribution >= 4 is 5.97 Å². The van der Waals surface area contributed by atoms with Gasteiger partial charge in [0.05, 0.1) is 12.2 Å². The van der Waals surface area contributed by atoms with Crippen molar-refractivity contribution in [1.29, 1.82) is 0 Å². The fourth-order valence-corrected chi connectivity index (χ4v) is 2.35. The molecule has 0 heterocycles. The van der Waals surface area contributed by atoms with Crippen molar-refractivity contribution in [2.24, 2.45) is 5.92 Å². The average molecular weight is 326 g/mol. The van der Waals surface area contributed by atoms with E-state index in [-0.39, 0.29) is 5.97 Å². The standard InChI is InChI=1S/C21H26O3/c1-4-5-14-23-19-10-12-20(13-11-19)24-21(22)18-8-6-17(7-9-18)15-16(2)3/h6-13,16H,4-5,14-15H2,1-3H3. The Morgan fingerprint density at radius 2 is 1.58 bits per heavy atom. The maximum absolute atomic E-state index is 12.2. The molecule has 0 saturated carbocycles. The van der Waals surface area contributed by atoms with Crippen molar-refractivity contribution in [3.63, 3.8) is 0 Å². The van der Waals surface area contributed by atoms with Crippen LogP contribution in [0.4, 0.5) is 0 Å². The van der Waals surface area contributed by atoms with E-state index >= 15 is 0 Å². The topological polar surface area (TPSA) is 35.5 Å². The Bertz CT molecular complexity index is 627. The van der Waals surface area contributed by atoms with Crippen molar-refractivity contribution in [1.82, 2.24) is 0 Å². The molecule has 128 valence electrons. The number of unbranched alkanes of at least 4 members (excludes halogenated alkanes) is 1. The second-order valence-electron chi connectivity index (χ2n) is 6.36. The molecule has 0 spiro atoms. The zero-order valence-electron chi connectivity index (χ0n) is 14.7. The monoisotopic (exact) mass is 326 g/mol. The van der Waals surface area contributed by atoms with Crippen LogP contribution in [0.5, 0.6) is 11.5 Å². The smallest absolute Gasteiger partial charge is 0.343 e. The van der Waals surface area contributed by atoms with Crippen LogP contribution in [0, 0.1) is 5.92 Å². The minimum Gasteiger partial charge on any atom is -0.494 e. The number of rotatable bonds is 8. The maximum atomic E-state index is 12.2. The summed E-state index contributed by atoms with van der Waals surface area (Å²) < 4.78 is 11.0. The first-order chi connectivity index (χ1) is 11.6. The quantitative estimate of drug-likeness (QED) is 0.376. The molecule has 0 atom stereocenters. The molecular formula is C21H26O3. The summed E-state index contributed by atoms with van der Waals surface area (Å²) >= 11 is 0. The van der Waals surface area contributed by atoms with Crippen LogP contribution in [-0.4, -0.2) is 12.6 Å². The summed E-state index contributed by atoms with van der Waals surface area (Å²) in [7, 11) is 0. The molecule has 0 aliphatic carbocycles. The molecule has 3 nitrogen and oxygen atoms in total. The molecule has 2 aromatic rings. The third kappa shape index (κ3) is 5.73. The highest BCUT2D eigenvalue weighted by molar-refractivity contribution is 5.91. The molecule has 0 aliphatic rings. The van der Waals surface area contributed by atoms with Gasteiger partial charge in [-0.3, -0.25) is 0 Å². The SMILES string of the molecule is CCCCOc1ccc(OC(=O)c2ccc(CC(C)C)cc2)cc1. The summed E-state index contributed by atoms with van der Waals surface area (Å²) in [6, 6.07) is 14.8. The zero-order chi connectivity index (χ0) is 17.4. The molecule has 0 unspecified atom stereocenters. The molecule has 0 saturated heterocycles. The van der Waals surface area contributed by atoms with E-state index in [4.69, 9.17) is 9.47 Å². The number of benzene rings is 2. The zero-order valence-corrected chi connectivity index (χ0v) is 14.7. The fourth-order valence-electron chi connectivity index (χ4n) is 2.35. The van der Waals surface area contributed by atoms with Crippen LogP contribution in [0.2, 0.25) is 0 Å². The number of carbonyl (C=O) groups excluding carboxylic acids is 1. The van der Waals surface area contributed by atoms with Gasteiger partial charge in [-0.25, -0.2) is 4.79 Å². The van der Waals surface area contributed by atoms with E-state index in [1.807, 2.05) is 36.4 Å². The van der Waals surface area contributed by atoms with Crippen LogP contribution in [0.1, 0.15) is 49.5 Å². The highest BCUT2D eigenvalue weighted by atomic mass is 16.5. The predicted octanol–water partition coefficient (Wildman–Crippen LogP) is 5.28. The number of hydrogen-bond acceptors (Lipinski definition) is 3. The molecule has 0 fully saturated rings. The van der Waals surface area contributed by atoms with Gasteiger partial charge in [0.25, 0.3) is 0 Å². The lowest BCUT2D eigenvalue weighted by molar-refractivity contribution is 0.0734. The molecule has 3 heteroatoms. The summed E-state index contributed by atoms with van der Waals surface area (Å²) in [5.41, 5.74) is 1.79. The van der Waals surface area contributed by atoms with Gasteiger partial charge in [0.2, 0.25) is 0 Å². The van der Waals surface area contributed by atoms with E-state index in [1.165, 1.54) is 5.56 Å². The van der Waals surface area contributed by atoms with Gasteiger partial charge in [0.1, 0.15) is 11.5 Å². The number of ether oxygens (including phenoxy) is 2. The lowest BCUT2D eigenvalue weighted by Crippen LogP contribution is -2.08. The highest BCUT2D eigenvalue weighted by Gasteiger charge is 2.09. The number of hydrogen-bond donors (Lipinski definition) is 0. The molecule has 0 aromatic heterocycles. The van der Waals surface area contributed by atoms with E-state index in [1.54, 1.807) is 12.1 Å². The van der Waals surface area contributed by atoms with Gasteiger partial charge in [-0.05, 0) is 60.7 Å². The van der Waals surface area contributed by atoms with E-state index in [9.17, 15) is 4.79 Å². The molecule has 2 rings (SSSR count). The third-order valence-electron chi connectivity index (χ3n) is 3.63. The summed E-state index contributed by atoms with van der Waals surface area (Å²) in [5, 5.41) is 0. The van der Waals surface area contributed by atoms with Crippen LogP contribution < -0.4 is 9.47 Å². The van der Waals surface area contributed by atoms with Crippen molar-refractivity contribution in [3.8, 4) is 11.5 Å². The minimum absolute atomic E-state index is 0.342. The Kier molecular flexibility index (Phi) is 6.86. The van der Waals surface area contributed by atoms with Gasteiger partial charge in [-0.15, -0.1) is 0 Å². The first-order valence-electron chi connectivity index (χ1n) is 8.62. The lowest BCUT2D eigenvalue weighted by Gasteiger charge is -2.08. The van der Waals surface area contributed by atoms with Crippen molar-refractivity contribution < 1.29 is 14.3 Å². The van der Waals surface area contributed by atoms with E-state index in [2.05, 4.69) is 20.8 Å². The van der Waals surface area contributed by atoms with Gasteiger partial charge in [-0.1, -0.05) is 39.3 Å². The predicted molar refractivity (Wildman–Crippen MR) is 96.8 cm³/mol. The average Bonchev–Trinajstić information content (AvgIpc) is 2.57. The minimum atomic E-state index is -0.342. The Hall–Kier alpha value is -2.29. The molecule has 0 bridgehead atoms. The molecule has 0 aliphatic heterocycles. The van der Waals surface area contributed by atoms with Crippen LogP contribution >= 0.6 is 0 Å². The highest BCUT2D eigenvalue weighted by Crippen LogP contribution is 2.19. The van der Waals surface area contributed by atoms with Crippen LogP contribution in [0.25, 0.3) is 0 Å². The third-order valence-corrected chi connectivity index (χ3v) is 3.63. The summed E-state index contributed by atoms with van der Waals surface area (Å²) in [4.78, 5) is 12.2. The molecule has 24 heavy (non-hydrogen) atoms. The lowest BCUT2D eigenvalue weighted by atomic mass is 10.0. The molecule has 0 radical (unpaired) electrons. The fraction of sp³-hybridized carbons (Fsp3) is 0.381. The second kappa shape index (κ2) is 9.11. The van der Waals surface area contributed by atoms with Crippen molar-refractivity contribution in [2.75, 3.05) is 6.61 Å². The van der Waals surface area contributed by atoms with Gasteiger partial charge < -0.3 is 9.47 Å². The van der Waals surface area contributed by atoms with Gasteiger partial charge in [0, 0.05) is 0 Å².